The smallest absolute Gasteiger partial charge is 0.240 e. The zero-order valence-corrected chi connectivity index (χ0v) is 13.9. The number of nitrogens with zero attached hydrogens (tertiary/aromatic N) is 3. The molecule has 3 rings (SSSR count). The minimum absolute atomic E-state index is 0.225. The zero-order chi connectivity index (χ0) is 19.1. The van der Waals surface area contributed by atoms with Crippen molar-refractivity contribution in [3.8, 4) is 12.1 Å². The molecule has 0 aliphatic carbocycles. The van der Waals surface area contributed by atoms with Crippen LogP contribution in [0.3, 0.4) is 0 Å². The van der Waals surface area contributed by atoms with Crippen LogP contribution in [0.25, 0.3) is 0 Å². The number of ketones is 1. The van der Waals surface area contributed by atoms with Crippen LogP contribution in [0.5, 0.6) is 0 Å². The largest absolute Gasteiger partial charge is 0.368 e. The molecule has 1 aromatic rings. The van der Waals surface area contributed by atoms with Gasteiger partial charge < -0.3 is 10.6 Å². The molecule has 7 heteroatoms. The highest BCUT2D eigenvalue weighted by atomic mass is 19.1. The van der Waals surface area contributed by atoms with Crippen LogP contribution in [0.15, 0.2) is 48.2 Å². The zero-order valence-electron chi connectivity index (χ0n) is 13.9. The number of fused-ring (bicyclic) bond motifs is 1. The van der Waals surface area contributed by atoms with E-state index >= 15 is 0 Å². The Balaban J connectivity index is 2.26. The van der Waals surface area contributed by atoms with Crippen molar-refractivity contribution >= 4 is 11.7 Å². The summed E-state index contributed by atoms with van der Waals surface area (Å²) >= 11 is 0. The second-order valence-electron chi connectivity index (χ2n) is 6.36. The number of hydrogen-bond acceptors (Lipinski definition) is 5. The minimum atomic E-state index is -1.66. The molecule has 0 spiro atoms. The van der Waals surface area contributed by atoms with Crippen LogP contribution in [-0.4, -0.2) is 28.7 Å². The number of nitrogens with two attached hydrogens (primary N) is 1. The lowest BCUT2D eigenvalue weighted by Crippen LogP contribution is -2.43. The van der Waals surface area contributed by atoms with Crippen molar-refractivity contribution in [2.24, 2.45) is 11.1 Å². The van der Waals surface area contributed by atoms with Crippen molar-refractivity contribution in [2.45, 2.75) is 24.9 Å². The van der Waals surface area contributed by atoms with Crippen molar-refractivity contribution in [3.63, 3.8) is 0 Å². The Morgan fingerprint density at radius 1 is 1.31 bits per heavy atom. The van der Waals surface area contributed by atoms with Gasteiger partial charge in [0.25, 0.3) is 0 Å². The number of primary amides is 1. The molecular formula is C19H15FN4O2. The predicted molar refractivity (Wildman–Crippen MR) is 89.3 cm³/mol. The van der Waals surface area contributed by atoms with Crippen molar-refractivity contribution < 1.29 is 14.0 Å². The first-order chi connectivity index (χ1) is 12.4. The number of Topliss-reactive ketones (excluding diaryl/α,β-unsaturated/α-hetero) is 1. The first-order valence-electron chi connectivity index (χ1n) is 7.91. The summed E-state index contributed by atoms with van der Waals surface area (Å²) in [6.07, 6.45) is 4.53. The van der Waals surface area contributed by atoms with Gasteiger partial charge in [-0.1, -0.05) is 24.3 Å². The number of amides is 1. The number of hydrogen-bond donors (Lipinski definition) is 1. The number of halogens is 1. The first kappa shape index (κ1) is 17.4. The standard InChI is InChI=1S/C19H15FN4O2/c1-11(25)13-5-6-15-19(9-21,10-22)16(12-3-2-4-14(20)7-12)17(18(23)26)24(15)8-13/h2-8,15-17H,1H3,(H2,23,26). The Morgan fingerprint density at radius 2 is 2.00 bits per heavy atom. The Labute approximate surface area is 149 Å². The highest BCUT2D eigenvalue weighted by Gasteiger charge is 2.62. The Bertz CT molecular complexity index is 924. The monoisotopic (exact) mass is 350 g/mol. The van der Waals surface area contributed by atoms with Crippen molar-refractivity contribution in [3.05, 3.63) is 59.6 Å². The van der Waals surface area contributed by atoms with Gasteiger partial charge in [0, 0.05) is 17.7 Å². The molecule has 1 aromatic carbocycles. The van der Waals surface area contributed by atoms with Crippen LogP contribution in [0.1, 0.15) is 18.4 Å². The third kappa shape index (κ3) is 2.37. The van der Waals surface area contributed by atoms with E-state index in [4.69, 9.17) is 5.73 Å². The Hall–Kier alpha value is -3.45. The summed E-state index contributed by atoms with van der Waals surface area (Å²) in [5.41, 5.74) is 4.59. The number of allylic oxidation sites excluding steroid dienone is 2. The topological polar surface area (TPSA) is 111 Å². The van der Waals surface area contributed by atoms with E-state index in [9.17, 15) is 24.5 Å². The number of benzene rings is 1. The summed E-state index contributed by atoms with van der Waals surface area (Å²) in [7, 11) is 0. The molecule has 3 unspecified atom stereocenters. The molecule has 0 saturated carbocycles. The molecule has 0 bridgehead atoms. The van der Waals surface area contributed by atoms with E-state index in [1.807, 2.05) is 12.1 Å². The molecule has 0 aromatic heterocycles. The molecule has 130 valence electrons. The molecule has 26 heavy (non-hydrogen) atoms. The van der Waals surface area contributed by atoms with Gasteiger partial charge in [0.2, 0.25) is 5.91 Å². The third-order valence-corrected chi connectivity index (χ3v) is 4.94. The maximum Gasteiger partial charge on any atom is 0.240 e. The van der Waals surface area contributed by atoms with Gasteiger partial charge in [0.15, 0.2) is 11.2 Å². The fraction of sp³-hybridized carbons (Fsp3) is 0.263. The summed E-state index contributed by atoms with van der Waals surface area (Å²) in [6.45, 7) is 1.37. The summed E-state index contributed by atoms with van der Waals surface area (Å²) in [5.74, 6) is -2.50. The SMILES string of the molecule is CC(=O)C1=CN2C(C(N)=O)C(c3cccc(F)c3)C(C#N)(C#N)C2C=C1. The quantitative estimate of drug-likeness (QED) is 0.888. The molecular weight excluding hydrogens is 335 g/mol. The maximum absolute atomic E-state index is 13.8. The summed E-state index contributed by atoms with van der Waals surface area (Å²) in [5, 5.41) is 19.7. The number of carbonyl (C=O) groups excluding carboxylic acids is 2. The van der Waals surface area contributed by atoms with E-state index in [0.717, 1.165) is 0 Å². The molecule has 1 amide bonds. The van der Waals surface area contributed by atoms with Crippen molar-refractivity contribution in [1.29, 1.82) is 10.5 Å². The molecule has 2 aliphatic rings. The van der Waals surface area contributed by atoms with Crippen LogP contribution in [0.4, 0.5) is 4.39 Å². The van der Waals surface area contributed by atoms with Crippen molar-refractivity contribution in [1.82, 2.24) is 4.90 Å². The minimum Gasteiger partial charge on any atom is -0.368 e. The van der Waals surface area contributed by atoms with Crippen LogP contribution in [-0.2, 0) is 9.59 Å². The molecule has 1 saturated heterocycles. The van der Waals surface area contributed by atoms with Gasteiger partial charge in [-0.15, -0.1) is 0 Å². The molecule has 2 aliphatic heterocycles. The third-order valence-electron chi connectivity index (χ3n) is 4.94. The fourth-order valence-corrected chi connectivity index (χ4v) is 3.78. The number of nitriles is 2. The van der Waals surface area contributed by atoms with Crippen LogP contribution >= 0.6 is 0 Å². The lowest BCUT2D eigenvalue weighted by molar-refractivity contribution is -0.122. The van der Waals surface area contributed by atoms with Gasteiger partial charge in [-0.25, -0.2) is 4.39 Å². The Morgan fingerprint density at radius 3 is 2.54 bits per heavy atom. The van der Waals surface area contributed by atoms with Gasteiger partial charge in [0.05, 0.1) is 18.2 Å². The molecule has 3 atom stereocenters. The molecule has 0 radical (unpaired) electrons. The lowest BCUT2D eigenvalue weighted by Gasteiger charge is -2.30. The second-order valence-corrected chi connectivity index (χ2v) is 6.36. The summed E-state index contributed by atoms with van der Waals surface area (Å²) in [6, 6.07) is 7.64. The number of carbonyl (C=O) groups is 2. The van der Waals surface area contributed by atoms with Gasteiger partial charge in [-0.05, 0) is 24.6 Å². The van der Waals surface area contributed by atoms with Gasteiger partial charge >= 0.3 is 0 Å². The summed E-state index contributed by atoms with van der Waals surface area (Å²) in [4.78, 5) is 25.4. The second kappa shape index (κ2) is 6.12. The Kier molecular flexibility index (Phi) is 4.09. The van der Waals surface area contributed by atoms with E-state index in [0.29, 0.717) is 11.1 Å². The van der Waals surface area contributed by atoms with E-state index in [1.54, 1.807) is 12.1 Å². The van der Waals surface area contributed by atoms with E-state index in [2.05, 4.69) is 0 Å². The highest BCUT2D eigenvalue weighted by Crippen LogP contribution is 2.52. The average Bonchev–Trinajstić information content (AvgIpc) is 2.91. The normalized spacial score (nSPS) is 25.6. The molecule has 1 fully saturated rings. The predicted octanol–water partition coefficient (Wildman–Crippen LogP) is 1.52. The van der Waals surface area contributed by atoms with Gasteiger partial charge in [0.1, 0.15) is 11.9 Å². The highest BCUT2D eigenvalue weighted by molar-refractivity contribution is 5.96. The van der Waals surface area contributed by atoms with Crippen LogP contribution < -0.4 is 5.73 Å². The van der Waals surface area contributed by atoms with Crippen LogP contribution in [0.2, 0.25) is 0 Å². The molecule has 2 heterocycles. The van der Waals surface area contributed by atoms with E-state index in [1.165, 1.54) is 42.3 Å². The molecule has 2 N–H and O–H groups in total. The van der Waals surface area contributed by atoms with E-state index < -0.39 is 35.1 Å². The van der Waals surface area contributed by atoms with Gasteiger partial charge in [-0.2, -0.15) is 10.5 Å². The van der Waals surface area contributed by atoms with Gasteiger partial charge in [-0.3, -0.25) is 9.59 Å². The maximum atomic E-state index is 13.8. The fourth-order valence-electron chi connectivity index (χ4n) is 3.78. The van der Waals surface area contributed by atoms with Crippen LogP contribution in [0, 0.1) is 33.9 Å². The lowest BCUT2D eigenvalue weighted by atomic mass is 9.70. The summed E-state index contributed by atoms with van der Waals surface area (Å²) < 4.78 is 13.8. The number of rotatable bonds is 3. The molecule has 6 nitrogen and oxygen atoms in total. The van der Waals surface area contributed by atoms with E-state index in [-0.39, 0.29) is 5.78 Å². The van der Waals surface area contributed by atoms with Crippen molar-refractivity contribution in [2.75, 3.05) is 0 Å². The first-order valence-corrected chi connectivity index (χ1v) is 7.91. The average molecular weight is 350 g/mol.